The number of ether oxygens (including phenoxy) is 1. The van der Waals surface area contributed by atoms with Crippen molar-refractivity contribution in [3.05, 3.63) is 0 Å². The number of halogens is 2. The maximum atomic E-state index is 11.4. The van der Waals surface area contributed by atoms with Crippen molar-refractivity contribution in [2.24, 2.45) is 0 Å². The van der Waals surface area contributed by atoms with Crippen molar-refractivity contribution in [1.29, 1.82) is 0 Å². The number of likely N-dealkylation sites (N-methyl/N-ethyl adjacent to an activating group) is 2. The lowest BCUT2D eigenvalue weighted by Crippen LogP contribution is -3.00. The SMILES string of the molecule is C[N+](C)(C)CCOC(=O)CC(O)C[N+](C)(C)C.[Cl-].[Cl-]. The fourth-order valence-corrected chi connectivity index (χ4v) is 1.38. The number of hydrogen-bond donors (Lipinski definition) is 1. The molecule has 19 heavy (non-hydrogen) atoms. The summed E-state index contributed by atoms with van der Waals surface area (Å²) < 4.78 is 6.47. The predicted molar refractivity (Wildman–Crippen MR) is 67.4 cm³/mol. The van der Waals surface area contributed by atoms with Crippen LogP contribution in [-0.2, 0) is 9.53 Å². The van der Waals surface area contributed by atoms with E-state index in [0.29, 0.717) is 17.6 Å². The molecule has 0 aliphatic rings. The maximum Gasteiger partial charge on any atom is 0.308 e. The lowest BCUT2D eigenvalue weighted by atomic mass is 10.2. The van der Waals surface area contributed by atoms with Gasteiger partial charge in [-0.15, -0.1) is 0 Å². The van der Waals surface area contributed by atoms with Crippen LogP contribution < -0.4 is 24.8 Å². The molecule has 0 aromatic heterocycles. The van der Waals surface area contributed by atoms with Crippen molar-refractivity contribution in [2.45, 2.75) is 12.5 Å². The van der Waals surface area contributed by atoms with Crippen LogP contribution in [0.15, 0.2) is 0 Å². The highest BCUT2D eigenvalue weighted by atomic mass is 35.5. The molecular formula is C12H28Cl2N2O3. The van der Waals surface area contributed by atoms with E-state index < -0.39 is 6.10 Å². The number of rotatable bonds is 7. The predicted octanol–water partition coefficient (Wildman–Crippen LogP) is -6.30. The van der Waals surface area contributed by atoms with Gasteiger partial charge in [-0.1, -0.05) is 0 Å². The third-order valence-electron chi connectivity index (χ3n) is 2.19. The minimum Gasteiger partial charge on any atom is -1.00 e. The van der Waals surface area contributed by atoms with Crippen LogP contribution >= 0.6 is 0 Å². The van der Waals surface area contributed by atoms with Crippen LogP contribution in [-0.4, -0.2) is 88.1 Å². The third kappa shape index (κ3) is 17.9. The molecule has 0 saturated carbocycles. The minimum absolute atomic E-state index is 0. The Morgan fingerprint density at radius 2 is 1.53 bits per heavy atom. The zero-order valence-electron chi connectivity index (χ0n) is 12.8. The van der Waals surface area contributed by atoms with Gasteiger partial charge >= 0.3 is 5.97 Å². The Bertz CT molecular complexity index is 250. The van der Waals surface area contributed by atoms with Crippen LogP contribution in [0.5, 0.6) is 0 Å². The number of nitrogens with zero attached hydrogens (tertiary/aromatic N) is 2. The molecule has 0 aliphatic carbocycles. The highest BCUT2D eigenvalue weighted by Gasteiger charge is 2.19. The number of hydrogen-bond acceptors (Lipinski definition) is 3. The Morgan fingerprint density at radius 1 is 1.05 bits per heavy atom. The minimum atomic E-state index is -0.633. The van der Waals surface area contributed by atoms with Gasteiger partial charge in [-0.25, -0.2) is 0 Å². The van der Waals surface area contributed by atoms with E-state index in [0.717, 1.165) is 11.0 Å². The van der Waals surface area contributed by atoms with Gasteiger partial charge in [0.15, 0.2) is 0 Å². The summed E-state index contributed by atoms with van der Waals surface area (Å²) in [7, 11) is 12.1. The molecule has 0 aliphatic heterocycles. The zero-order chi connectivity index (χ0) is 13.7. The van der Waals surface area contributed by atoms with Crippen molar-refractivity contribution in [3.63, 3.8) is 0 Å². The van der Waals surface area contributed by atoms with E-state index in [4.69, 9.17) is 4.74 Å². The van der Waals surface area contributed by atoms with Crippen LogP contribution in [0.4, 0.5) is 0 Å². The molecule has 1 unspecified atom stereocenters. The van der Waals surface area contributed by atoms with Gasteiger partial charge in [-0.2, -0.15) is 0 Å². The fourth-order valence-electron chi connectivity index (χ4n) is 1.38. The van der Waals surface area contributed by atoms with Gasteiger partial charge in [-0.05, 0) is 0 Å². The van der Waals surface area contributed by atoms with Crippen LogP contribution in [0.2, 0.25) is 0 Å². The van der Waals surface area contributed by atoms with Crippen molar-refractivity contribution in [1.82, 2.24) is 0 Å². The first-order chi connectivity index (χ1) is 7.49. The highest BCUT2D eigenvalue weighted by Crippen LogP contribution is 2.01. The third-order valence-corrected chi connectivity index (χ3v) is 2.19. The summed E-state index contributed by atoms with van der Waals surface area (Å²) in [6.07, 6.45) is -0.557. The molecule has 0 amide bonds. The molecule has 118 valence electrons. The first-order valence-electron chi connectivity index (χ1n) is 5.94. The summed E-state index contributed by atoms with van der Waals surface area (Å²) in [5.41, 5.74) is 0. The average molecular weight is 319 g/mol. The second-order valence-corrected chi connectivity index (χ2v) is 6.57. The first-order valence-corrected chi connectivity index (χ1v) is 5.94. The van der Waals surface area contributed by atoms with Gasteiger partial charge in [0.25, 0.3) is 0 Å². The standard InChI is InChI=1S/C12H28N2O3.2ClH/c1-13(2,3)7-8-17-12(16)9-11(15)10-14(4,5)6;;/h11,15H,7-10H2,1-6H3;2*1H/q+2;;/p-2. The van der Waals surface area contributed by atoms with Crippen molar-refractivity contribution in [3.8, 4) is 0 Å². The Morgan fingerprint density at radius 3 is 1.89 bits per heavy atom. The molecule has 1 atom stereocenters. The molecule has 0 bridgehead atoms. The summed E-state index contributed by atoms with van der Waals surface area (Å²) in [4.78, 5) is 11.4. The number of esters is 1. The van der Waals surface area contributed by atoms with Crippen LogP contribution in [0.3, 0.4) is 0 Å². The lowest BCUT2D eigenvalue weighted by Gasteiger charge is -2.26. The quantitative estimate of drug-likeness (QED) is 0.375. The molecule has 0 aromatic carbocycles. The Hall–Kier alpha value is -0.0700. The van der Waals surface area contributed by atoms with Gasteiger partial charge in [-0.3, -0.25) is 4.79 Å². The van der Waals surface area contributed by atoms with Crippen molar-refractivity contribution >= 4 is 5.97 Å². The Kier molecular flexibility index (Phi) is 12.3. The molecule has 7 heteroatoms. The number of carbonyl (C=O) groups is 1. The smallest absolute Gasteiger partial charge is 0.308 e. The largest absolute Gasteiger partial charge is 1.00 e. The van der Waals surface area contributed by atoms with E-state index in [9.17, 15) is 9.90 Å². The van der Waals surface area contributed by atoms with Gasteiger partial charge in [0.2, 0.25) is 0 Å². The summed E-state index contributed by atoms with van der Waals surface area (Å²) in [5, 5.41) is 9.69. The van der Waals surface area contributed by atoms with E-state index in [1.165, 1.54) is 0 Å². The molecule has 1 N–H and O–H groups in total. The number of aliphatic hydroxyl groups is 1. The molecule has 0 heterocycles. The summed E-state index contributed by atoms with van der Waals surface area (Å²) in [5.74, 6) is -0.320. The van der Waals surface area contributed by atoms with Crippen LogP contribution in [0.25, 0.3) is 0 Å². The number of aliphatic hydroxyl groups excluding tert-OH is 1. The van der Waals surface area contributed by atoms with Crippen molar-refractivity contribution < 1.29 is 48.4 Å². The summed E-state index contributed by atoms with van der Waals surface area (Å²) in [6.45, 7) is 1.72. The zero-order valence-corrected chi connectivity index (χ0v) is 14.3. The maximum absolute atomic E-state index is 11.4. The summed E-state index contributed by atoms with van der Waals surface area (Å²) >= 11 is 0. The topological polar surface area (TPSA) is 46.5 Å². The number of quaternary nitrogens is 2. The molecule has 5 nitrogen and oxygen atoms in total. The van der Waals surface area contributed by atoms with E-state index in [2.05, 4.69) is 0 Å². The first kappa shape index (κ1) is 24.0. The second kappa shape index (κ2) is 9.77. The van der Waals surface area contributed by atoms with E-state index in [1.807, 2.05) is 42.3 Å². The Balaban J connectivity index is -0.00000128. The van der Waals surface area contributed by atoms with Gasteiger partial charge in [0.1, 0.15) is 25.8 Å². The molecule has 0 aromatic rings. The van der Waals surface area contributed by atoms with Crippen LogP contribution in [0, 0.1) is 0 Å². The molecule has 0 rings (SSSR count). The highest BCUT2D eigenvalue weighted by molar-refractivity contribution is 5.69. The molecule has 0 radical (unpaired) electrons. The van der Waals surface area contributed by atoms with Gasteiger partial charge in [0, 0.05) is 0 Å². The Labute approximate surface area is 129 Å². The molecule has 0 fully saturated rings. The molecule has 0 spiro atoms. The van der Waals surface area contributed by atoms with E-state index in [-0.39, 0.29) is 37.2 Å². The fraction of sp³-hybridized carbons (Fsp3) is 0.917. The number of carbonyl (C=O) groups excluding carboxylic acids is 1. The van der Waals surface area contributed by atoms with E-state index in [1.54, 1.807) is 0 Å². The van der Waals surface area contributed by atoms with Gasteiger partial charge in [0.05, 0.1) is 48.7 Å². The second-order valence-electron chi connectivity index (χ2n) is 6.57. The lowest BCUT2D eigenvalue weighted by molar-refractivity contribution is -0.873. The normalized spacial score (nSPS) is 13.0. The molecule has 0 saturated heterocycles. The van der Waals surface area contributed by atoms with E-state index >= 15 is 0 Å². The van der Waals surface area contributed by atoms with Gasteiger partial charge < -0.3 is 43.6 Å². The van der Waals surface area contributed by atoms with Crippen molar-refractivity contribution in [2.75, 3.05) is 62.0 Å². The average Bonchev–Trinajstić information content (AvgIpc) is 1.96. The summed E-state index contributed by atoms with van der Waals surface area (Å²) in [6, 6.07) is 0. The monoisotopic (exact) mass is 318 g/mol. The van der Waals surface area contributed by atoms with Crippen LogP contribution in [0.1, 0.15) is 6.42 Å². The molecular weight excluding hydrogens is 291 g/mol.